The maximum absolute atomic E-state index is 12.0. The lowest BCUT2D eigenvalue weighted by atomic mass is 10.2. The normalized spacial score (nSPS) is 10.4. The summed E-state index contributed by atoms with van der Waals surface area (Å²) in [6.45, 7) is 0.463. The van der Waals surface area contributed by atoms with Crippen LogP contribution in [0.3, 0.4) is 0 Å². The molecule has 22 heavy (non-hydrogen) atoms. The largest absolute Gasteiger partial charge is 0.348 e. The fourth-order valence-corrected chi connectivity index (χ4v) is 2.37. The van der Waals surface area contributed by atoms with Gasteiger partial charge < -0.3 is 5.32 Å². The molecular formula is C16H13BrN4O. The van der Waals surface area contributed by atoms with Gasteiger partial charge in [0.1, 0.15) is 0 Å². The predicted molar refractivity (Wildman–Crippen MR) is 86.7 cm³/mol. The first-order chi connectivity index (χ1) is 10.7. The zero-order chi connectivity index (χ0) is 15.4. The van der Waals surface area contributed by atoms with Crippen LogP contribution in [0.1, 0.15) is 15.9 Å². The first kappa shape index (κ1) is 14.5. The zero-order valence-corrected chi connectivity index (χ0v) is 13.2. The summed E-state index contributed by atoms with van der Waals surface area (Å²) in [4.78, 5) is 16.0. The predicted octanol–water partition coefficient (Wildman–Crippen LogP) is 2.96. The van der Waals surface area contributed by atoms with Crippen molar-refractivity contribution in [2.24, 2.45) is 0 Å². The van der Waals surface area contributed by atoms with Gasteiger partial charge in [-0.05, 0) is 45.8 Å². The molecule has 0 bridgehead atoms. The molecular weight excluding hydrogens is 344 g/mol. The van der Waals surface area contributed by atoms with Gasteiger partial charge in [0, 0.05) is 35.8 Å². The van der Waals surface area contributed by atoms with Crippen LogP contribution in [0.15, 0.2) is 65.7 Å². The van der Waals surface area contributed by atoms with E-state index >= 15 is 0 Å². The topological polar surface area (TPSA) is 59.8 Å². The molecule has 0 radical (unpaired) electrons. The van der Waals surface area contributed by atoms with Crippen LogP contribution in [0, 0.1) is 0 Å². The number of halogens is 1. The van der Waals surface area contributed by atoms with Crippen LogP contribution in [0.25, 0.3) is 5.69 Å². The number of benzene rings is 1. The van der Waals surface area contributed by atoms with Crippen molar-refractivity contribution in [1.82, 2.24) is 20.1 Å². The number of carbonyl (C=O) groups excluding carboxylic acids is 1. The number of pyridine rings is 1. The molecule has 3 aromatic rings. The molecule has 6 heteroatoms. The molecule has 3 rings (SSSR count). The van der Waals surface area contributed by atoms with Gasteiger partial charge in [0.25, 0.3) is 5.91 Å². The molecule has 2 aromatic heterocycles. The van der Waals surface area contributed by atoms with Gasteiger partial charge in [0.2, 0.25) is 0 Å². The van der Waals surface area contributed by atoms with Gasteiger partial charge in [0.05, 0.1) is 11.3 Å². The molecule has 110 valence electrons. The van der Waals surface area contributed by atoms with E-state index in [1.54, 1.807) is 29.3 Å². The van der Waals surface area contributed by atoms with Crippen LogP contribution in [-0.4, -0.2) is 20.7 Å². The Balaban J connectivity index is 1.63. The van der Waals surface area contributed by atoms with E-state index in [2.05, 4.69) is 31.3 Å². The molecule has 2 heterocycles. The summed E-state index contributed by atoms with van der Waals surface area (Å²) < 4.78 is 2.57. The Morgan fingerprint density at radius 1 is 1.23 bits per heavy atom. The highest BCUT2D eigenvalue weighted by molar-refractivity contribution is 9.10. The minimum absolute atomic E-state index is 0.148. The van der Waals surface area contributed by atoms with E-state index < -0.39 is 0 Å². The van der Waals surface area contributed by atoms with Gasteiger partial charge >= 0.3 is 0 Å². The van der Waals surface area contributed by atoms with E-state index in [9.17, 15) is 4.79 Å². The van der Waals surface area contributed by atoms with Crippen molar-refractivity contribution >= 4 is 21.8 Å². The monoisotopic (exact) mass is 356 g/mol. The third-order valence-electron chi connectivity index (χ3n) is 3.13. The van der Waals surface area contributed by atoms with Crippen molar-refractivity contribution in [3.8, 4) is 5.69 Å². The van der Waals surface area contributed by atoms with Crippen molar-refractivity contribution in [2.45, 2.75) is 6.54 Å². The fraction of sp³-hybridized carbons (Fsp3) is 0.0625. The Labute approximate surface area is 136 Å². The molecule has 1 N–H and O–H groups in total. The van der Waals surface area contributed by atoms with Crippen LogP contribution in [0.4, 0.5) is 0 Å². The molecule has 0 unspecified atom stereocenters. The number of aromatic nitrogens is 3. The number of hydrogen-bond acceptors (Lipinski definition) is 3. The van der Waals surface area contributed by atoms with Gasteiger partial charge in [-0.2, -0.15) is 5.10 Å². The van der Waals surface area contributed by atoms with Crippen molar-refractivity contribution in [3.63, 3.8) is 0 Å². The summed E-state index contributed by atoms with van der Waals surface area (Å²) in [6.07, 6.45) is 6.81. The lowest BCUT2D eigenvalue weighted by Crippen LogP contribution is -2.22. The Bertz CT molecular complexity index is 769. The fourth-order valence-electron chi connectivity index (χ4n) is 2.01. The van der Waals surface area contributed by atoms with Crippen molar-refractivity contribution in [3.05, 3.63) is 76.8 Å². The van der Waals surface area contributed by atoms with Crippen LogP contribution < -0.4 is 5.32 Å². The Hall–Kier alpha value is -2.47. The number of nitrogens with one attached hydrogen (secondary N) is 1. The second-order valence-corrected chi connectivity index (χ2v) is 5.61. The summed E-state index contributed by atoms with van der Waals surface area (Å²) in [5.74, 6) is -0.148. The number of rotatable bonds is 4. The first-order valence-electron chi connectivity index (χ1n) is 6.70. The van der Waals surface area contributed by atoms with E-state index in [1.807, 2.05) is 36.5 Å². The summed E-state index contributed by atoms with van der Waals surface area (Å²) in [7, 11) is 0. The maximum Gasteiger partial charge on any atom is 0.253 e. The minimum atomic E-state index is -0.148. The smallest absolute Gasteiger partial charge is 0.253 e. The summed E-state index contributed by atoms with van der Waals surface area (Å²) >= 11 is 3.30. The van der Waals surface area contributed by atoms with Crippen LogP contribution in [0.5, 0.6) is 0 Å². The molecule has 0 aliphatic heterocycles. The molecule has 1 aromatic carbocycles. The molecule has 1 amide bonds. The summed E-state index contributed by atoms with van der Waals surface area (Å²) in [6, 6.07) is 11.5. The molecule has 0 atom stereocenters. The van der Waals surface area contributed by atoms with E-state index in [0.29, 0.717) is 12.1 Å². The third-order valence-corrected chi connectivity index (χ3v) is 3.56. The molecule has 0 saturated carbocycles. The molecule has 0 aliphatic rings. The van der Waals surface area contributed by atoms with Gasteiger partial charge in [-0.25, -0.2) is 4.68 Å². The Morgan fingerprint density at radius 3 is 2.73 bits per heavy atom. The minimum Gasteiger partial charge on any atom is -0.348 e. The quantitative estimate of drug-likeness (QED) is 0.781. The van der Waals surface area contributed by atoms with E-state index in [-0.39, 0.29) is 5.91 Å². The highest BCUT2D eigenvalue weighted by Gasteiger charge is 2.06. The van der Waals surface area contributed by atoms with Gasteiger partial charge in [-0.3, -0.25) is 9.78 Å². The average molecular weight is 357 g/mol. The first-order valence-corrected chi connectivity index (χ1v) is 7.49. The Kier molecular flexibility index (Phi) is 4.29. The molecule has 0 saturated heterocycles. The average Bonchev–Trinajstić information content (AvgIpc) is 3.07. The number of hydrogen-bond donors (Lipinski definition) is 1. The van der Waals surface area contributed by atoms with E-state index in [0.717, 1.165) is 15.7 Å². The lowest BCUT2D eigenvalue weighted by molar-refractivity contribution is 0.0950. The van der Waals surface area contributed by atoms with Crippen LogP contribution in [0.2, 0.25) is 0 Å². The van der Waals surface area contributed by atoms with Crippen molar-refractivity contribution in [1.29, 1.82) is 0 Å². The lowest BCUT2D eigenvalue weighted by Gasteiger charge is -2.07. The summed E-state index contributed by atoms with van der Waals surface area (Å²) in [5, 5.41) is 7.05. The van der Waals surface area contributed by atoms with Crippen molar-refractivity contribution in [2.75, 3.05) is 0 Å². The molecule has 0 fully saturated rings. The van der Waals surface area contributed by atoms with E-state index in [4.69, 9.17) is 0 Å². The zero-order valence-electron chi connectivity index (χ0n) is 11.6. The molecule has 0 aliphatic carbocycles. The molecule has 0 spiro atoms. The number of amides is 1. The van der Waals surface area contributed by atoms with Gasteiger partial charge in [-0.1, -0.05) is 12.1 Å². The molecule has 5 nitrogen and oxygen atoms in total. The second-order valence-electron chi connectivity index (χ2n) is 4.69. The SMILES string of the molecule is O=C(NCc1ccc(-n2cccn2)cc1)c1cncc(Br)c1. The Morgan fingerprint density at radius 2 is 2.05 bits per heavy atom. The summed E-state index contributed by atoms with van der Waals surface area (Å²) in [5.41, 5.74) is 2.53. The highest BCUT2D eigenvalue weighted by atomic mass is 79.9. The van der Waals surface area contributed by atoms with E-state index in [1.165, 1.54) is 0 Å². The maximum atomic E-state index is 12.0. The highest BCUT2D eigenvalue weighted by Crippen LogP contribution is 2.11. The number of nitrogens with zero attached hydrogens (tertiary/aromatic N) is 3. The van der Waals surface area contributed by atoms with Crippen LogP contribution >= 0.6 is 15.9 Å². The standard InChI is InChI=1S/C16H13BrN4O/c17-14-8-13(10-18-11-14)16(22)19-9-12-2-4-15(5-3-12)21-7-1-6-20-21/h1-8,10-11H,9H2,(H,19,22). The van der Waals surface area contributed by atoms with Gasteiger partial charge in [0.15, 0.2) is 0 Å². The third kappa shape index (κ3) is 3.40. The van der Waals surface area contributed by atoms with Gasteiger partial charge in [-0.15, -0.1) is 0 Å². The van der Waals surface area contributed by atoms with Crippen LogP contribution in [-0.2, 0) is 6.54 Å². The second kappa shape index (κ2) is 6.53. The number of carbonyl (C=O) groups is 1. The van der Waals surface area contributed by atoms with Crippen molar-refractivity contribution < 1.29 is 4.79 Å².